The highest BCUT2D eigenvalue weighted by atomic mass is 32.2. The number of benzene rings is 1. The molecule has 0 radical (unpaired) electrons. The molecule has 0 fully saturated rings. The summed E-state index contributed by atoms with van der Waals surface area (Å²) < 4.78 is 0. The molecule has 0 unspecified atom stereocenters. The number of carbonyl (C=O) groups is 2. The second-order valence-electron chi connectivity index (χ2n) is 4.98. The van der Waals surface area contributed by atoms with Gasteiger partial charge in [-0.1, -0.05) is 30.0 Å². The minimum atomic E-state index is -0.258. The van der Waals surface area contributed by atoms with Crippen molar-refractivity contribution in [3.05, 3.63) is 24.3 Å². The molecule has 2 heterocycles. The van der Waals surface area contributed by atoms with Gasteiger partial charge in [0.25, 0.3) is 0 Å². The molecule has 3 N–H and O–H groups in total. The Morgan fingerprint density at radius 2 is 2.00 bits per heavy atom. The number of nitrogens with zero attached hydrogens (tertiary/aromatic N) is 3. The molecule has 0 spiro atoms. The van der Waals surface area contributed by atoms with Crippen molar-refractivity contribution >= 4 is 45.6 Å². The van der Waals surface area contributed by atoms with Crippen LogP contribution in [-0.4, -0.2) is 50.8 Å². The molecular weight excluding hydrogens is 328 g/mol. The summed E-state index contributed by atoms with van der Waals surface area (Å²) in [5.41, 5.74) is 2.28. The number of para-hydroxylation sites is 1. The predicted octanol–water partition coefficient (Wildman–Crippen LogP) is 0.851. The Morgan fingerprint density at radius 3 is 2.83 bits per heavy atom. The fraction of sp³-hybridized carbons (Fsp3) is 0.267. The van der Waals surface area contributed by atoms with Gasteiger partial charge in [0, 0.05) is 17.4 Å². The highest BCUT2D eigenvalue weighted by molar-refractivity contribution is 7.99. The molecule has 3 rings (SSSR count). The quantitative estimate of drug-likeness (QED) is 0.572. The van der Waals surface area contributed by atoms with Crippen molar-refractivity contribution in [2.45, 2.75) is 12.1 Å². The zero-order valence-corrected chi connectivity index (χ0v) is 13.8. The van der Waals surface area contributed by atoms with Crippen molar-refractivity contribution in [1.29, 1.82) is 0 Å². The standard InChI is InChI=1S/C15H16N6O2S/c1-2-16-11(22)7-17-12(23)8-24-15-19-14-13(20-21-15)9-5-3-4-6-10(9)18-14/h3-6H,2,7-8H2,1H3,(H,16,22)(H,17,23)(H,18,19,21). The van der Waals surface area contributed by atoms with Crippen LogP contribution in [0.4, 0.5) is 0 Å². The lowest BCUT2D eigenvalue weighted by atomic mass is 10.2. The highest BCUT2D eigenvalue weighted by Crippen LogP contribution is 2.22. The maximum absolute atomic E-state index is 11.7. The zero-order chi connectivity index (χ0) is 16.9. The van der Waals surface area contributed by atoms with E-state index in [2.05, 4.69) is 30.8 Å². The van der Waals surface area contributed by atoms with Gasteiger partial charge in [-0.05, 0) is 13.0 Å². The highest BCUT2D eigenvalue weighted by Gasteiger charge is 2.11. The Morgan fingerprint density at radius 1 is 1.17 bits per heavy atom. The first kappa shape index (κ1) is 16.2. The number of aromatic amines is 1. The summed E-state index contributed by atoms with van der Waals surface area (Å²) in [5, 5.41) is 14.7. The van der Waals surface area contributed by atoms with Gasteiger partial charge in [0.05, 0.1) is 12.3 Å². The minimum absolute atomic E-state index is 0.0343. The first-order valence-electron chi connectivity index (χ1n) is 7.44. The smallest absolute Gasteiger partial charge is 0.239 e. The van der Waals surface area contributed by atoms with Crippen molar-refractivity contribution in [1.82, 2.24) is 30.8 Å². The second kappa shape index (κ2) is 7.26. The Labute approximate surface area is 141 Å². The fourth-order valence-corrected chi connectivity index (χ4v) is 2.80. The Kier molecular flexibility index (Phi) is 4.90. The molecule has 0 bridgehead atoms. The van der Waals surface area contributed by atoms with Crippen molar-refractivity contribution in [3.63, 3.8) is 0 Å². The number of likely N-dealkylation sites (N-methyl/N-ethyl adjacent to an activating group) is 1. The number of hydrogen-bond donors (Lipinski definition) is 3. The second-order valence-corrected chi connectivity index (χ2v) is 5.92. The largest absolute Gasteiger partial charge is 0.355 e. The summed E-state index contributed by atoms with van der Waals surface area (Å²) in [4.78, 5) is 30.6. The number of carbonyl (C=O) groups excluding carboxylic acids is 2. The lowest BCUT2D eigenvalue weighted by Gasteiger charge is -2.04. The lowest BCUT2D eigenvalue weighted by molar-refractivity contribution is -0.124. The molecule has 124 valence electrons. The Bertz CT molecular complexity index is 894. The van der Waals surface area contributed by atoms with E-state index in [0.717, 1.165) is 10.9 Å². The summed E-state index contributed by atoms with van der Waals surface area (Å²) in [6, 6.07) is 7.76. The monoisotopic (exact) mass is 344 g/mol. The summed E-state index contributed by atoms with van der Waals surface area (Å²) in [6.07, 6.45) is 0. The van der Waals surface area contributed by atoms with Gasteiger partial charge in [0.2, 0.25) is 17.0 Å². The third kappa shape index (κ3) is 3.62. The number of H-pyrrole nitrogens is 1. The van der Waals surface area contributed by atoms with Crippen LogP contribution in [0.3, 0.4) is 0 Å². The SMILES string of the molecule is CCNC(=O)CNC(=O)CSc1nnc2c(n1)[nH]c1ccccc12. The molecule has 1 aromatic carbocycles. The maximum Gasteiger partial charge on any atom is 0.239 e. The molecule has 0 aliphatic heterocycles. The number of nitrogens with one attached hydrogen (secondary N) is 3. The third-order valence-corrected chi connectivity index (χ3v) is 4.09. The van der Waals surface area contributed by atoms with Crippen LogP contribution >= 0.6 is 11.8 Å². The topological polar surface area (TPSA) is 113 Å². The minimum Gasteiger partial charge on any atom is -0.355 e. The number of fused-ring (bicyclic) bond motifs is 3. The van der Waals surface area contributed by atoms with Crippen molar-refractivity contribution in [2.75, 3.05) is 18.8 Å². The van der Waals surface area contributed by atoms with Gasteiger partial charge in [0.1, 0.15) is 5.52 Å². The summed E-state index contributed by atoms with van der Waals surface area (Å²) in [6.45, 7) is 2.32. The molecule has 0 atom stereocenters. The van der Waals surface area contributed by atoms with Crippen molar-refractivity contribution in [2.24, 2.45) is 0 Å². The normalized spacial score (nSPS) is 10.9. The molecule has 0 saturated carbocycles. The van der Waals surface area contributed by atoms with Crippen LogP contribution in [0.2, 0.25) is 0 Å². The number of amides is 2. The molecule has 0 aliphatic rings. The van der Waals surface area contributed by atoms with Gasteiger partial charge in [-0.3, -0.25) is 9.59 Å². The zero-order valence-electron chi connectivity index (χ0n) is 13.0. The first-order chi connectivity index (χ1) is 11.7. The van der Waals surface area contributed by atoms with Crippen molar-refractivity contribution < 1.29 is 9.59 Å². The predicted molar refractivity (Wildman–Crippen MR) is 91.6 cm³/mol. The van der Waals surface area contributed by atoms with Crippen LogP contribution in [0.15, 0.2) is 29.4 Å². The van der Waals surface area contributed by atoms with E-state index in [1.807, 2.05) is 31.2 Å². The summed E-state index contributed by atoms with van der Waals surface area (Å²) in [7, 11) is 0. The van der Waals surface area contributed by atoms with Gasteiger partial charge in [0.15, 0.2) is 5.65 Å². The van der Waals surface area contributed by atoms with E-state index in [1.54, 1.807) is 0 Å². The van der Waals surface area contributed by atoms with Crippen molar-refractivity contribution in [3.8, 4) is 0 Å². The molecule has 3 aromatic rings. The van der Waals surface area contributed by atoms with E-state index in [0.29, 0.717) is 22.9 Å². The van der Waals surface area contributed by atoms with Gasteiger partial charge in [-0.15, -0.1) is 10.2 Å². The van der Waals surface area contributed by atoms with E-state index in [4.69, 9.17) is 0 Å². The summed E-state index contributed by atoms with van der Waals surface area (Å²) in [5.74, 6) is -0.354. The van der Waals surface area contributed by atoms with E-state index in [1.165, 1.54) is 11.8 Å². The van der Waals surface area contributed by atoms with Crippen LogP contribution < -0.4 is 10.6 Å². The van der Waals surface area contributed by atoms with Gasteiger partial charge in [-0.2, -0.15) is 0 Å². The van der Waals surface area contributed by atoms with Gasteiger partial charge < -0.3 is 15.6 Å². The molecule has 9 heteroatoms. The van der Waals surface area contributed by atoms with E-state index in [9.17, 15) is 9.59 Å². The lowest BCUT2D eigenvalue weighted by Crippen LogP contribution is -2.37. The van der Waals surface area contributed by atoms with Crippen LogP contribution in [0.5, 0.6) is 0 Å². The van der Waals surface area contributed by atoms with Crippen LogP contribution in [0.25, 0.3) is 22.1 Å². The molecule has 2 amide bonds. The average Bonchev–Trinajstić information content (AvgIpc) is 2.96. The van der Waals surface area contributed by atoms with E-state index >= 15 is 0 Å². The molecule has 2 aromatic heterocycles. The van der Waals surface area contributed by atoms with Gasteiger partial charge >= 0.3 is 0 Å². The molecule has 8 nitrogen and oxygen atoms in total. The van der Waals surface area contributed by atoms with Gasteiger partial charge in [-0.25, -0.2) is 4.98 Å². The Balaban J connectivity index is 1.62. The Hall–Kier alpha value is -2.68. The summed E-state index contributed by atoms with van der Waals surface area (Å²) >= 11 is 1.17. The molecular formula is C15H16N6O2S. The van der Waals surface area contributed by atoms with E-state index in [-0.39, 0.29) is 24.1 Å². The maximum atomic E-state index is 11.7. The molecule has 0 aliphatic carbocycles. The van der Waals surface area contributed by atoms with Crippen LogP contribution in [-0.2, 0) is 9.59 Å². The van der Waals surface area contributed by atoms with Crippen LogP contribution in [0, 0.1) is 0 Å². The fourth-order valence-electron chi connectivity index (χ4n) is 2.19. The first-order valence-corrected chi connectivity index (χ1v) is 8.43. The number of aromatic nitrogens is 4. The molecule has 0 saturated heterocycles. The number of thioether (sulfide) groups is 1. The molecule has 24 heavy (non-hydrogen) atoms. The van der Waals surface area contributed by atoms with E-state index < -0.39 is 0 Å². The average molecular weight is 344 g/mol. The number of hydrogen-bond acceptors (Lipinski definition) is 6. The van der Waals surface area contributed by atoms with Crippen LogP contribution in [0.1, 0.15) is 6.92 Å². The third-order valence-electron chi connectivity index (χ3n) is 3.25. The number of rotatable bonds is 6.